The van der Waals surface area contributed by atoms with Crippen LogP contribution in [0.4, 0.5) is 4.39 Å². The summed E-state index contributed by atoms with van der Waals surface area (Å²) in [6, 6.07) is 19.7. The molecule has 1 fully saturated rings. The fourth-order valence-electron chi connectivity index (χ4n) is 4.81. The number of carbonyl (C=O) groups excluding carboxylic acids is 2. The third-order valence-electron chi connectivity index (χ3n) is 6.61. The van der Waals surface area contributed by atoms with Gasteiger partial charge in [-0.3, -0.25) is 9.59 Å². The zero-order valence-corrected chi connectivity index (χ0v) is 17.8. The van der Waals surface area contributed by atoms with Gasteiger partial charge in [0, 0.05) is 17.7 Å². The normalized spacial score (nSPS) is 17.1. The van der Waals surface area contributed by atoms with Gasteiger partial charge in [-0.1, -0.05) is 42.5 Å². The van der Waals surface area contributed by atoms with Crippen molar-refractivity contribution in [2.75, 3.05) is 0 Å². The van der Waals surface area contributed by atoms with Crippen LogP contribution in [0.25, 0.3) is 0 Å². The molecule has 5 rings (SSSR count). The van der Waals surface area contributed by atoms with E-state index in [0.29, 0.717) is 41.0 Å². The third-order valence-corrected chi connectivity index (χ3v) is 6.61. The topological polar surface area (TPSA) is 63.4 Å². The number of carbonyl (C=O) groups is 2. The first-order valence-electron chi connectivity index (χ1n) is 11.1. The molecule has 0 aromatic heterocycles. The summed E-state index contributed by atoms with van der Waals surface area (Å²) in [7, 11) is 0. The lowest BCUT2D eigenvalue weighted by molar-refractivity contribution is 0.0656. The summed E-state index contributed by atoms with van der Waals surface area (Å²) in [5.41, 5.74) is 9.87. The molecule has 2 N–H and O–H groups in total. The van der Waals surface area contributed by atoms with Gasteiger partial charge < -0.3 is 10.6 Å². The van der Waals surface area contributed by atoms with E-state index in [2.05, 4.69) is 6.07 Å². The Kier molecular flexibility index (Phi) is 5.25. The van der Waals surface area contributed by atoms with Crippen molar-refractivity contribution >= 4 is 11.8 Å². The molecule has 2 amide bonds. The lowest BCUT2D eigenvalue weighted by Crippen LogP contribution is -2.34. The van der Waals surface area contributed by atoms with E-state index in [1.54, 1.807) is 35.2 Å². The van der Waals surface area contributed by atoms with Crippen LogP contribution in [0.3, 0.4) is 0 Å². The molecule has 0 spiro atoms. The maximum Gasteiger partial charge on any atom is 0.254 e. The molecule has 1 saturated carbocycles. The van der Waals surface area contributed by atoms with Gasteiger partial charge in [-0.2, -0.15) is 0 Å². The first kappa shape index (κ1) is 20.4. The minimum Gasteiger partial charge on any atom is -0.366 e. The van der Waals surface area contributed by atoms with Crippen LogP contribution in [-0.4, -0.2) is 16.7 Å². The van der Waals surface area contributed by atoms with Gasteiger partial charge in [-0.15, -0.1) is 0 Å². The summed E-state index contributed by atoms with van der Waals surface area (Å²) in [5.74, 6) is -0.414. The number of halogens is 1. The van der Waals surface area contributed by atoms with Crippen LogP contribution in [0, 0.1) is 5.82 Å². The van der Waals surface area contributed by atoms with E-state index in [1.807, 2.05) is 30.3 Å². The average molecular weight is 429 g/mol. The Morgan fingerprint density at radius 3 is 2.41 bits per heavy atom. The minimum atomic E-state index is -0.526. The molecular formula is C27H25FN2O2. The highest BCUT2D eigenvalue weighted by Gasteiger charge is 2.35. The van der Waals surface area contributed by atoms with Crippen molar-refractivity contribution < 1.29 is 14.0 Å². The molecule has 2 aliphatic rings. The van der Waals surface area contributed by atoms with Gasteiger partial charge in [-0.25, -0.2) is 4.39 Å². The number of fused-ring (bicyclic) bond motifs is 1. The van der Waals surface area contributed by atoms with Crippen LogP contribution in [0.2, 0.25) is 0 Å². The lowest BCUT2D eigenvalue weighted by atomic mass is 9.98. The fraction of sp³-hybridized carbons (Fsp3) is 0.259. The maximum absolute atomic E-state index is 14.9. The number of hydrogen-bond donors (Lipinski definition) is 1. The van der Waals surface area contributed by atoms with Crippen molar-refractivity contribution in [1.82, 2.24) is 4.90 Å². The summed E-state index contributed by atoms with van der Waals surface area (Å²) in [6.07, 6.45) is 3.41. The van der Waals surface area contributed by atoms with Crippen LogP contribution in [-0.2, 0) is 13.0 Å². The first-order valence-corrected chi connectivity index (χ1v) is 11.1. The quantitative estimate of drug-likeness (QED) is 0.591. The van der Waals surface area contributed by atoms with Gasteiger partial charge in [0.2, 0.25) is 5.91 Å². The second-order valence-corrected chi connectivity index (χ2v) is 8.72. The van der Waals surface area contributed by atoms with E-state index in [0.717, 1.165) is 24.0 Å². The second-order valence-electron chi connectivity index (χ2n) is 8.72. The summed E-state index contributed by atoms with van der Waals surface area (Å²) in [5, 5.41) is 0. The zero-order chi connectivity index (χ0) is 22.2. The Morgan fingerprint density at radius 1 is 0.969 bits per heavy atom. The number of hydrogen-bond acceptors (Lipinski definition) is 2. The molecule has 1 atom stereocenters. The van der Waals surface area contributed by atoms with E-state index in [-0.39, 0.29) is 24.3 Å². The SMILES string of the molecule is NC(=O)c1ccccc1CN(C(=O)c1ccccc1)[C@@H]1CCc2c(F)cc(C3CC3)cc21. The van der Waals surface area contributed by atoms with E-state index in [9.17, 15) is 14.0 Å². The molecule has 162 valence electrons. The molecule has 5 heteroatoms. The Hall–Kier alpha value is -3.47. The summed E-state index contributed by atoms with van der Waals surface area (Å²) < 4.78 is 14.9. The van der Waals surface area contributed by atoms with E-state index >= 15 is 0 Å². The molecule has 4 nitrogen and oxygen atoms in total. The Morgan fingerprint density at radius 2 is 1.69 bits per heavy atom. The molecule has 0 saturated heterocycles. The highest BCUT2D eigenvalue weighted by atomic mass is 19.1. The Bertz CT molecular complexity index is 1190. The fourth-order valence-corrected chi connectivity index (χ4v) is 4.81. The van der Waals surface area contributed by atoms with Gasteiger partial charge in [-0.05, 0) is 78.1 Å². The molecule has 0 unspecified atom stereocenters. The number of primary amides is 1. The standard InChI is InChI=1S/C27H25FN2O2/c28-24-15-20(17-10-11-17)14-23-22(24)12-13-25(23)30(27(32)18-6-2-1-3-7-18)16-19-8-4-5-9-21(19)26(29)31/h1-9,14-15,17,25H,10-13,16H2,(H2,29,31)/t25-/m1/s1. The van der Waals surface area contributed by atoms with Crippen molar-refractivity contribution in [3.63, 3.8) is 0 Å². The predicted molar refractivity (Wildman–Crippen MR) is 121 cm³/mol. The number of amides is 2. The van der Waals surface area contributed by atoms with Gasteiger partial charge in [0.25, 0.3) is 5.91 Å². The van der Waals surface area contributed by atoms with Crippen molar-refractivity contribution in [3.05, 3.63) is 106 Å². The highest BCUT2D eigenvalue weighted by Crippen LogP contribution is 2.45. The van der Waals surface area contributed by atoms with Gasteiger partial charge in [0.1, 0.15) is 5.82 Å². The summed E-state index contributed by atoms with van der Waals surface area (Å²) >= 11 is 0. The lowest BCUT2D eigenvalue weighted by Gasteiger charge is -2.31. The predicted octanol–water partition coefficient (Wildman–Crippen LogP) is 5.13. The summed E-state index contributed by atoms with van der Waals surface area (Å²) in [6.45, 7) is 0.228. The molecule has 0 heterocycles. The third kappa shape index (κ3) is 3.79. The average Bonchev–Trinajstić information content (AvgIpc) is 3.57. The van der Waals surface area contributed by atoms with Crippen LogP contribution in [0.1, 0.15) is 74.2 Å². The molecule has 2 aliphatic carbocycles. The summed E-state index contributed by atoms with van der Waals surface area (Å²) in [4.78, 5) is 27.4. The van der Waals surface area contributed by atoms with Crippen LogP contribution in [0.15, 0.2) is 66.7 Å². The molecule has 3 aromatic rings. The first-order chi connectivity index (χ1) is 15.5. The van der Waals surface area contributed by atoms with E-state index < -0.39 is 5.91 Å². The zero-order valence-electron chi connectivity index (χ0n) is 17.8. The largest absolute Gasteiger partial charge is 0.366 e. The number of nitrogens with zero attached hydrogens (tertiary/aromatic N) is 1. The van der Waals surface area contributed by atoms with Crippen LogP contribution in [0.5, 0.6) is 0 Å². The minimum absolute atomic E-state index is 0.139. The molecular weight excluding hydrogens is 403 g/mol. The van der Waals surface area contributed by atoms with Crippen molar-refractivity contribution in [2.45, 2.75) is 44.2 Å². The second kappa shape index (κ2) is 8.23. The van der Waals surface area contributed by atoms with Crippen molar-refractivity contribution in [1.29, 1.82) is 0 Å². The number of nitrogens with two attached hydrogens (primary N) is 1. The molecule has 0 bridgehead atoms. The van der Waals surface area contributed by atoms with Crippen molar-refractivity contribution in [2.24, 2.45) is 5.73 Å². The van der Waals surface area contributed by atoms with Gasteiger partial charge >= 0.3 is 0 Å². The number of rotatable bonds is 6. The highest BCUT2D eigenvalue weighted by molar-refractivity contribution is 5.96. The maximum atomic E-state index is 14.9. The van der Waals surface area contributed by atoms with Gasteiger partial charge in [0.15, 0.2) is 0 Å². The van der Waals surface area contributed by atoms with Crippen molar-refractivity contribution in [3.8, 4) is 0 Å². The molecule has 32 heavy (non-hydrogen) atoms. The molecule has 3 aromatic carbocycles. The van der Waals surface area contributed by atoms with E-state index in [4.69, 9.17) is 5.73 Å². The van der Waals surface area contributed by atoms with Gasteiger partial charge in [0.05, 0.1) is 6.04 Å². The number of benzene rings is 3. The van der Waals surface area contributed by atoms with E-state index in [1.165, 1.54) is 0 Å². The Labute approximate surface area is 186 Å². The molecule has 0 aliphatic heterocycles. The van der Waals surface area contributed by atoms with Crippen LogP contribution >= 0.6 is 0 Å². The monoisotopic (exact) mass is 428 g/mol. The Balaban J connectivity index is 1.58. The molecule has 0 radical (unpaired) electrons. The smallest absolute Gasteiger partial charge is 0.254 e. The van der Waals surface area contributed by atoms with Crippen LogP contribution < -0.4 is 5.73 Å².